The lowest BCUT2D eigenvalue weighted by Gasteiger charge is -2.25. The van der Waals surface area contributed by atoms with Crippen LogP contribution >= 0.6 is 0 Å². The predicted octanol–water partition coefficient (Wildman–Crippen LogP) is 1.07. The summed E-state index contributed by atoms with van der Waals surface area (Å²) in [6.45, 7) is 2.42. The molecule has 0 spiro atoms. The lowest BCUT2D eigenvalue weighted by Crippen LogP contribution is -2.44. The average Bonchev–Trinajstić information content (AvgIpc) is 2.87. The average molecular weight is 262 g/mol. The molecule has 0 radical (unpaired) electrons. The van der Waals surface area contributed by atoms with Crippen molar-refractivity contribution in [2.45, 2.75) is 31.8 Å². The number of nitrogens with zero attached hydrogens (tertiary/aromatic N) is 1. The summed E-state index contributed by atoms with van der Waals surface area (Å²) in [4.78, 5) is 24.8. The number of rotatable bonds is 3. The number of carboxylic acid groups (broad SMARTS) is 1. The van der Waals surface area contributed by atoms with Crippen molar-refractivity contribution in [3.05, 3.63) is 35.4 Å². The van der Waals surface area contributed by atoms with Crippen LogP contribution in [0.1, 0.15) is 30.0 Å². The van der Waals surface area contributed by atoms with Crippen molar-refractivity contribution in [3.63, 3.8) is 0 Å². The Balaban J connectivity index is 2.14. The minimum absolute atomic E-state index is 0.311. The topological polar surface area (TPSA) is 83.6 Å². The Labute approximate surface area is 112 Å². The van der Waals surface area contributed by atoms with Crippen molar-refractivity contribution in [2.75, 3.05) is 6.54 Å². The summed E-state index contributed by atoms with van der Waals surface area (Å²) in [5.74, 6) is -1.27. The fourth-order valence-electron chi connectivity index (χ4n) is 2.38. The van der Waals surface area contributed by atoms with Crippen LogP contribution in [-0.4, -0.2) is 34.5 Å². The van der Waals surface area contributed by atoms with E-state index in [9.17, 15) is 9.59 Å². The van der Waals surface area contributed by atoms with E-state index in [1.165, 1.54) is 4.90 Å². The highest BCUT2D eigenvalue weighted by Crippen LogP contribution is 2.22. The Hall–Kier alpha value is -1.88. The van der Waals surface area contributed by atoms with Crippen LogP contribution < -0.4 is 5.73 Å². The number of amides is 1. The van der Waals surface area contributed by atoms with Crippen molar-refractivity contribution in [3.8, 4) is 0 Å². The minimum Gasteiger partial charge on any atom is -0.480 e. The first-order chi connectivity index (χ1) is 9.00. The number of likely N-dealkylation sites (tertiary alicyclic amines) is 1. The summed E-state index contributed by atoms with van der Waals surface area (Å²) >= 11 is 0. The van der Waals surface area contributed by atoms with Gasteiger partial charge in [-0.3, -0.25) is 4.79 Å². The number of hydrogen-bond acceptors (Lipinski definition) is 3. The molecular formula is C14H18N2O3. The highest BCUT2D eigenvalue weighted by Gasteiger charge is 2.36. The number of carbonyl (C=O) groups excluding carboxylic acids is 1. The summed E-state index contributed by atoms with van der Waals surface area (Å²) in [6.07, 6.45) is 1.21. The molecule has 1 aliphatic heterocycles. The smallest absolute Gasteiger partial charge is 0.326 e. The Bertz CT molecular complexity index is 484. The van der Waals surface area contributed by atoms with Crippen LogP contribution in [0.5, 0.6) is 0 Å². The Kier molecular flexibility index (Phi) is 3.85. The first-order valence-electron chi connectivity index (χ1n) is 6.36. The third-order valence-electron chi connectivity index (χ3n) is 3.52. The molecule has 1 heterocycles. The van der Waals surface area contributed by atoms with Gasteiger partial charge in [0, 0.05) is 6.54 Å². The Morgan fingerprint density at radius 1 is 1.37 bits per heavy atom. The van der Waals surface area contributed by atoms with Crippen LogP contribution in [-0.2, 0) is 9.59 Å². The molecule has 1 aliphatic rings. The van der Waals surface area contributed by atoms with Crippen molar-refractivity contribution < 1.29 is 14.7 Å². The van der Waals surface area contributed by atoms with E-state index in [1.54, 1.807) is 0 Å². The number of nitrogens with two attached hydrogens (primary N) is 1. The summed E-state index contributed by atoms with van der Waals surface area (Å²) in [7, 11) is 0. The van der Waals surface area contributed by atoms with E-state index in [1.807, 2.05) is 31.2 Å². The molecule has 2 atom stereocenters. The van der Waals surface area contributed by atoms with Crippen molar-refractivity contribution in [2.24, 2.45) is 5.73 Å². The minimum atomic E-state index is -0.957. The van der Waals surface area contributed by atoms with Crippen LogP contribution in [0.2, 0.25) is 0 Å². The molecule has 2 rings (SSSR count). The van der Waals surface area contributed by atoms with Gasteiger partial charge in [-0.05, 0) is 25.3 Å². The van der Waals surface area contributed by atoms with Crippen LogP contribution in [0.25, 0.3) is 0 Å². The first kappa shape index (κ1) is 13.5. The maximum Gasteiger partial charge on any atom is 0.326 e. The number of aryl methyl sites for hydroxylation is 1. The fourth-order valence-corrected chi connectivity index (χ4v) is 2.38. The van der Waals surface area contributed by atoms with E-state index >= 15 is 0 Å². The molecule has 1 unspecified atom stereocenters. The van der Waals surface area contributed by atoms with Gasteiger partial charge in [-0.25, -0.2) is 4.79 Å². The van der Waals surface area contributed by atoms with Crippen LogP contribution in [0.15, 0.2) is 24.3 Å². The monoisotopic (exact) mass is 262 g/mol. The number of hydrogen-bond donors (Lipinski definition) is 2. The zero-order chi connectivity index (χ0) is 14.0. The molecule has 5 heteroatoms. The molecule has 1 saturated heterocycles. The molecule has 3 N–H and O–H groups in total. The Morgan fingerprint density at radius 2 is 2.00 bits per heavy atom. The largest absolute Gasteiger partial charge is 0.480 e. The van der Waals surface area contributed by atoms with Crippen molar-refractivity contribution in [1.29, 1.82) is 0 Å². The highest BCUT2D eigenvalue weighted by molar-refractivity contribution is 5.88. The van der Waals surface area contributed by atoms with Crippen molar-refractivity contribution in [1.82, 2.24) is 4.90 Å². The van der Waals surface area contributed by atoms with Crippen molar-refractivity contribution >= 4 is 11.9 Å². The SMILES string of the molecule is Cc1ccc(C(N)C(=O)N2CCC[C@H]2C(=O)O)cc1. The molecule has 0 aromatic heterocycles. The summed E-state index contributed by atoms with van der Waals surface area (Å²) in [5.41, 5.74) is 7.75. The molecule has 0 saturated carbocycles. The second kappa shape index (κ2) is 5.40. The van der Waals surface area contributed by atoms with Gasteiger partial charge in [-0.1, -0.05) is 29.8 Å². The highest BCUT2D eigenvalue weighted by atomic mass is 16.4. The number of carbonyl (C=O) groups is 2. The molecule has 1 aromatic rings. The molecule has 5 nitrogen and oxygen atoms in total. The maximum absolute atomic E-state index is 12.3. The van der Waals surface area contributed by atoms with Gasteiger partial charge in [0.25, 0.3) is 0 Å². The maximum atomic E-state index is 12.3. The lowest BCUT2D eigenvalue weighted by molar-refractivity contribution is -0.148. The van der Waals surface area contributed by atoms with Crippen LogP contribution in [0.3, 0.4) is 0 Å². The first-order valence-corrected chi connectivity index (χ1v) is 6.36. The van der Waals surface area contributed by atoms with Gasteiger partial charge in [-0.2, -0.15) is 0 Å². The van der Waals surface area contributed by atoms with E-state index in [4.69, 9.17) is 10.8 Å². The lowest BCUT2D eigenvalue weighted by atomic mass is 10.0. The third kappa shape index (κ3) is 2.76. The number of benzene rings is 1. The molecule has 0 bridgehead atoms. The molecular weight excluding hydrogens is 244 g/mol. The Morgan fingerprint density at radius 3 is 2.58 bits per heavy atom. The molecule has 1 amide bonds. The van der Waals surface area contributed by atoms with E-state index in [0.717, 1.165) is 5.56 Å². The molecule has 1 fully saturated rings. The third-order valence-corrected chi connectivity index (χ3v) is 3.52. The molecule has 1 aromatic carbocycles. The number of carboxylic acids is 1. The van der Waals surface area contributed by atoms with Crippen LogP contribution in [0, 0.1) is 6.92 Å². The second-order valence-electron chi connectivity index (χ2n) is 4.92. The standard InChI is InChI=1S/C14H18N2O3/c1-9-4-6-10(7-5-9)12(15)13(17)16-8-2-3-11(16)14(18)19/h4-7,11-12H,2-3,8,15H2,1H3,(H,18,19)/t11-,12?/m0/s1. The summed E-state index contributed by atoms with van der Waals surface area (Å²) in [5, 5.41) is 9.09. The van der Waals surface area contributed by atoms with Gasteiger partial charge in [0.2, 0.25) is 5.91 Å². The second-order valence-corrected chi connectivity index (χ2v) is 4.92. The van der Waals surface area contributed by atoms with E-state index in [-0.39, 0.29) is 5.91 Å². The molecule has 19 heavy (non-hydrogen) atoms. The van der Waals surface area contributed by atoms with Crippen LogP contribution in [0.4, 0.5) is 0 Å². The van der Waals surface area contributed by atoms with E-state index < -0.39 is 18.1 Å². The van der Waals surface area contributed by atoms with E-state index in [2.05, 4.69) is 0 Å². The normalized spacial score (nSPS) is 20.3. The summed E-state index contributed by atoms with van der Waals surface area (Å²) in [6, 6.07) is 5.88. The van der Waals surface area contributed by atoms with E-state index in [0.29, 0.717) is 24.9 Å². The van der Waals surface area contributed by atoms with Gasteiger partial charge in [-0.15, -0.1) is 0 Å². The molecule has 102 valence electrons. The predicted molar refractivity (Wildman–Crippen MR) is 70.5 cm³/mol. The van der Waals surface area contributed by atoms with Gasteiger partial charge >= 0.3 is 5.97 Å². The quantitative estimate of drug-likeness (QED) is 0.853. The van der Waals surface area contributed by atoms with Gasteiger partial charge < -0.3 is 15.7 Å². The molecule has 0 aliphatic carbocycles. The van der Waals surface area contributed by atoms with Gasteiger partial charge in [0.15, 0.2) is 0 Å². The number of aliphatic carboxylic acids is 1. The van der Waals surface area contributed by atoms with Gasteiger partial charge in [0.05, 0.1) is 0 Å². The zero-order valence-corrected chi connectivity index (χ0v) is 10.9. The fraction of sp³-hybridized carbons (Fsp3) is 0.429. The zero-order valence-electron chi connectivity index (χ0n) is 10.9. The summed E-state index contributed by atoms with van der Waals surface area (Å²) < 4.78 is 0. The van der Waals surface area contributed by atoms with Gasteiger partial charge in [0.1, 0.15) is 12.1 Å².